The number of ether oxygens (including phenoxy) is 4. The van der Waals surface area contributed by atoms with Crippen LogP contribution in [0.3, 0.4) is 0 Å². The van der Waals surface area contributed by atoms with Gasteiger partial charge in [0, 0.05) is 12.1 Å². The molecule has 0 bridgehead atoms. The number of hydrogen-bond acceptors (Lipinski definition) is 6. The lowest BCUT2D eigenvalue weighted by Crippen LogP contribution is -2.03. The number of oxime groups is 1. The first-order chi connectivity index (χ1) is 14.0. The molecule has 0 aliphatic rings. The maximum atomic E-state index is 5.92. The highest BCUT2D eigenvalue weighted by Gasteiger charge is 2.15. The molecule has 0 atom stereocenters. The van der Waals surface area contributed by atoms with Crippen LogP contribution in [0.2, 0.25) is 0 Å². The fraction of sp³-hybridized carbons (Fsp3) is 0.571. The van der Waals surface area contributed by atoms with Crippen molar-refractivity contribution in [2.45, 2.75) is 46.0 Å². The minimum atomic E-state index is 0.154. The van der Waals surface area contributed by atoms with E-state index in [1.807, 2.05) is 13.8 Å². The second-order valence-corrected chi connectivity index (χ2v) is 7.46. The molecule has 1 aromatic carbocycles. The van der Waals surface area contributed by atoms with Crippen LogP contribution >= 0.6 is 23.2 Å². The van der Waals surface area contributed by atoms with Gasteiger partial charge >= 0.3 is 0 Å². The van der Waals surface area contributed by atoms with E-state index in [-0.39, 0.29) is 11.1 Å². The minimum Gasteiger partial charge on any atom is -0.493 e. The molecular weight excluding hydrogens is 417 g/mol. The molecule has 1 aromatic rings. The van der Waals surface area contributed by atoms with Crippen molar-refractivity contribution in [3.63, 3.8) is 0 Å². The first kappa shape index (κ1) is 25.2. The fourth-order valence-electron chi connectivity index (χ4n) is 2.43. The predicted molar refractivity (Wildman–Crippen MR) is 118 cm³/mol. The molecule has 1 rings (SSSR count). The third-order valence-electron chi connectivity index (χ3n) is 3.80. The van der Waals surface area contributed by atoms with Gasteiger partial charge in [0.15, 0.2) is 11.5 Å². The molecule has 0 aromatic heterocycles. The summed E-state index contributed by atoms with van der Waals surface area (Å²) in [6, 6.07) is 3.49. The highest BCUT2D eigenvalue weighted by atomic mass is 35.5. The lowest BCUT2D eigenvalue weighted by molar-refractivity contribution is 0.139. The molecule has 29 heavy (non-hydrogen) atoms. The Morgan fingerprint density at radius 1 is 0.897 bits per heavy atom. The third kappa shape index (κ3) is 11.1. The van der Waals surface area contributed by atoms with Crippen LogP contribution in [0, 0.1) is 0 Å². The fourth-order valence-corrected chi connectivity index (χ4v) is 2.56. The lowest BCUT2D eigenvalue weighted by atomic mass is 10.1. The van der Waals surface area contributed by atoms with E-state index in [1.165, 1.54) is 0 Å². The summed E-state index contributed by atoms with van der Waals surface area (Å²) in [4.78, 5) is 5.19. The van der Waals surface area contributed by atoms with Crippen LogP contribution in [0.5, 0.6) is 23.0 Å². The van der Waals surface area contributed by atoms with Crippen molar-refractivity contribution in [1.82, 2.24) is 0 Å². The van der Waals surface area contributed by atoms with Crippen molar-refractivity contribution in [2.75, 3.05) is 34.0 Å². The molecule has 164 valence electrons. The lowest BCUT2D eigenvalue weighted by Gasteiger charge is -2.16. The summed E-state index contributed by atoms with van der Waals surface area (Å²) in [5, 5.41) is 3.92. The van der Waals surface area contributed by atoms with E-state index in [2.05, 4.69) is 5.16 Å². The van der Waals surface area contributed by atoms with E-state index in [9.17, 15) is 0 Å². The first-order valence-corrected chi connectivity index (χ1v) is 10.4. The van der Waals surface area contributed by atoms with Gasteiger partial charge in [0.25, 0.3) is 0 Å². The van der Waals surface area contributed by atoms with E-state index in [0.717, 1.165) is 37.8 Å². The van der Waals surface area contributed by atoms with Gasteiger partial charge in [-0.3, -0.25) is 0 Å². The normalized spacial score (nSPS) is 10.1. The Hall–Kier alpha value is -1.79. The van der Waals surface area contributed by atoms with Crippen LogP contribution in [-0.2, 0) is 4.84 Å². The van der Waals surface area contributed by atoms with Crippen molar-refractivity contribution in [2.24, 2.45) is 5.16 Å². The van der Waals surface area contributed by atoms with Gasteiger partial charge in [-0.2, -0.15) is 0 Å². The second kappa shape index (κ2) is 15.1. The summed E-state index contributed by atoms with van der Waals surface area (Å²) >= 11 is 11.2. The Morgan fingerprint density at radius 3 is 2.03 bits per heavy atom. The zero-order chi connectivity index (χ0) is 21.5. The molecule has 0 heterocycles. The molecule has 0 fully saturated rings. The van der Waals surface area contributed by atoms with E-state index in [1.54, 1.807) is 32.4 Å². The molecule has 0 spiro atoms. The number of halogens is 2. The summed E-state index contributed by atoms with van der Waals surface area (Å²) in [6.45, 7) is 5.31. The molecular formula is C21H31Cl2NO5. The molecule has 0 aliphatic heterocycles. The quantitative estimate of drug-likeness (QED) is 0.183. The van der Waals surface area contributed by atoms with Gasteiger partial charge in [-0.25, -0.2) is 0 Å². The SMILES string of the molecule is COc1cc(OCC=C(Cl)Cl)cc(OC)c1OCCCCCCCON=C(C)C. The summed E-state index contributed by atoms with van der Waals surface area (Å²) in [7, 11) is 3.15. The molecule has 6 nitrogen and oxygen atoms in total. The molecule has 0 radical (unpaired) electrons. The Balaban J connectivity index is 2.42. The van der Waals surface area contributed by atoms with Crippen LogP contribution in [-0.4, -0.2) is 39.8 Å². The van der Waals surface area contributed by atoms with Crippen LogP contribution < -0.4 is 18.9 Å². The van der Waals surface area contributed by atoms with Crippen molar-refractivity contribution in [1.29, 1.82) is 0 Å². The smallest absolute Gasteiger partial charge is 0.203 e. The number of unbranched alkanes of at least 4 members (excludes halogenated alkanes) is 4. The van der Waals surface area contributed by atoms with E-state index in [0.29, 0.717) is 36.2 Å². The molecule has 8 heteroatoms. The molecule has 0 N–H and O–H groups in total. The standard InChI is InChI=1S/C21H31Cl2NO5/c1-16(2)24-29-12-9-7-5-6-8-11-28-21-18(25-3)14-17(15-19(21)26-4)27-13-10-20(22)23/h10,14-15H,5-9,11-13H2,1-4H3. The van der Waals surface area contributed by atoms with Gasteiger partial charge in [0.2, 0.25) is 5.75 Å². The van der Waals surface area contributed by atoms with Crippen molar-refractivity contribution in [3.8, 4) is 23.0 Å². The van der Waals surface area contributed by atoms with Gasteiger partial charge in [0.1, 0.15) is 23.5 Å². The maximum Gasteiger partial charge on any atom is 0.203 e. The van der Waals surface area contributed by atoms with E-state index < -0.39 is 0 Å². The Morgan fingerprint density at radius 2 is 1.48 bits per heavy atom. The van der Waals surface area contributed by atoms with Gasteiger partial charge in [-0.05, 0) is 39.2 Å². The molecule has 0 saturated heterocycles. The Kier molecular flexibility index (Phi) is 13.1. The highest BCUT2D eigenvalue weighted by Crippen LogP contribution is 2.41. The van der Waals surface area contributed by atoms with Gasteiger partial charge in [-0.1, -0.05) is 41.2 Å². The zero-order valence-electron chi connectivity index (χ0n) is 17.6. The number of methoxy groups -OCH3 is 2. The molecule has 0 saturated carbocycles. The number of rotatable bonds is 15. The second-order valence-electron chi connectivity index (χ2n) is 6.45. The van der Waals surface area contributed by atoms with Crippen LogP contribution in [0.15, 0.2) is 27.9 Å². The van der Waals surface area contributed by atoms with Gasteiger partial charge in [0.05, 0.1) is 26.5 Å². The average molecular weight is 448 g/mol. The largest absolute Gasteiger partial charge is 0.493 e. The number of hydrogen-bond donors (Lipinski definition) is 0. The van der Waals surface area contributed by atoms with E-state index in [4.69, 9.17) is 47.0 Å². The maximum absolute atomic E-state index is 5.92. The zero-order valence-corrected chi connectivity index (χ0v) is 19.1. The first-order valence-electron chi connectivity index (χ1n) is 9.63. The van der Waals surface area contributed by atoms with Crippen LogP contribution in [0.1, 0.15) is 46.0 Å². The Bertz CT molecular complexity index is 631. The summed E-state index contributed by atoms with van der Waals surface area (Å²) in [5.74, 6) is 2.23. The monoisotopic (exact) mass is 447 g/mol. The van der Waals surface area contributed by atoms with Crippen molar-refractivity contribution >= 4 is 28.9 Å². The summed E-state index contributed by atoms with van der Waals surface area (Å²) < 4.78 is 22.5. The molecule has 0 amide bonds. The minimum absolute atomic E-state index is 0.154. The van der Waals surface area contributed by atoms with Crippen LogP contribution in [0.25, 0.3) is 0 Å². The van der Waals surface area contributed by atoms with E-state index >= 15 is 0 Å². The van der Waals surface area contributed by atoms with Gasteiger partial charge < -0.3 is 23.8 Å². The van der Waals surface area contributed by atoms with Gasteiger partial charge in [-0.15, -0.1) is 0 Å². The molecule has 0 aliphatic carbocycles. The van der Waals surface area contributed by atoms with Crippen molar-refractivity contribution in [3.05, 3.63) is 22.7 Å². The van der Waals surface area contributed by atoms with Crippen molar-refractivity contribution < 1.29 is 23.8 Å². The third-order valence-corrected chi connectivity index (χ3v) is 4.10. The topological polar surface area (TPSA) is 58.5 Å². The highest BCUT2D eigenvalue weighted by molar-refractivity contribution is 6.55. The summed E-state index contributed by atoms with van der Waals surface area (Å²) in [6.07, 6.45) is 6.81. The summed E-state index contributed by atoms with van der Waals surface area (Å²) in [5.41, 5.74) is 0.934. The molecule has 0 unspecified atom stereocenters. The van der Waals surface area contributed by atoms with Crippen LogP contribution in [0.4, 0.5) is 0 Å². The average Bonchev–Trinajstić information content (AvgIpc) is 2.68. The number of nitrogens with zero attached hydrogens (tertiary/aromatic N) is 1. The predicted octanol–water partition coefficient (Wildman–Crippen LogP) is 6.14. The Labute approximate surface area is 183 Å². The number of benzene rings is 1.